The molecule has 0 spiro atoms. The molecule has 1 aliphatic heterocycles. The molecule has 0 radical (unpaired) electrons. The quantitative estimate of drug-likeness (QED) is 0.669. The van der Waals surface area contributed by atoms with Crippen molar-refractivity contribution in [3.63, 3.8) is 0 Å². The molecule has 0 saturated carbocycles. The second-order valence-corrected chi connectivity index (χ2v) is 7.70. The lowest BCUT2D eigenvalue weighted by Gasteiger charge is -2.38. The molecule has 2 aromatic rings. The Kier molecular flexibility index (Phi) is 4.60. The minimum atomic E-state index is -0.947. The lowest BCUT2D eigenvalue weighted by Crippen LogP contribution is -2.30. The monoisotopic (exact) mass is 429 g/mol. The second kappa shape index (κ2) is 6.93. The fourth-order valence-corrected chi connectivity index (χ4v) is 4.77. The van der Waals surface area contributed by atoms with Gasteiger partial charge in [-0.3, -0.25) is 0 Å². The number of carbonyl (C=O) groups is 1. The number of para-hydroxylation sites is 1. The number of ether oxygens (including phenoxy) is 2. The molecule has 0 bridgehead atoms. The Bertz CT molecular complexity index is 940. The van der Waals surface area contributed by atoms with E-state index in [4.69, 9.17) is 9.47 Å². The molecule has 0 amide bonds. The first-order valence-electron chi connectivity index (χ1n) is 8.76. The number of methoxy groups -OCH3 is 2. The number of allylic oxidation sites excluding steroid dienone is 2. The van der Waals surface area contributed by atoms with Crippen molar-refractivity contribution in [1.82, 2.24) is 0 Å². The van der Waals surface area contributed by atoms with Crippen molar-refractivity contribution in [2.45, 2.75) is 18.4 Å². The lowest BCUT2D eigenvalue weighted by molar-refractivity contribution is 0.0697. The van der Waals surface area contributed by atoms with Gasteiger partial charge in [0.15, 0.2) is 11.5 Å². The maximum Gasteiger partial charge on any atom is 0.337 e. The van der Waals surface area contributed by atoms with Gasteiger partial charge in [-0.15, -0.1) is 0 Å². The summed E-state index contributed by atoms with van der Waals surface area (Å²) in [5, 5.41) is 13.2. The van der Waals surface area contributed by atoms with E-state index in [1.807, 2.05) is 24.3 Å². The Morgan fingerprint density at radius 2 is 2.04 bits per heavy atom. The van der Waals surface area contributed by atoms with Gasteiger partial charge in [-0.2, -0.15) is 0 Å². The number of rotatable bonds is 4. The largest absolute Gasteiger partial charge is 0.493 e. The van der Waals surface area contributed by atoms with Crippen molar-refractivity contribution in [2.24, 2.45) is 5.92 Å². The summed E-state index contributed by atoms with van der Waals surface area (Å²) in [5.41, 5.74) is 2.93. The predicted molar refractivity (Wildman–Crippen MR) is 107 cm³/mol. The molecule has 6 heteroatoms. The SMILES string of the molecule is COc1cccc([C@H]2Nc3c(C(=O)O)cc(Br)cc3C3C=CCC32)c1OC. The van der Waals surface area contributed by atoms with Gasteiger partial charge in [0.1, 0.15) is 0 Å². The number of benzene rings is 2. The van der Waals surface area contributed by atoms with Crippen LogP contribution in [0, 0.1) is 5.92 Å². The summed E-state index contributed by atoms with van der Waals surface area (Å²) < 4.78 is 11.9. The van der Waals surface area contributed by atoms with E-state index in [1.54, 1.807) is 20.3 Å². The van der Waals surface area contributed by atoms with Gasteiger partial charge in [0.2, 0.25) is 0 Å². The highest BCUT2D eigenvalue weighted by Gasteiger charge is 2.41. The maximum absolute atomic E-state index is 11.9. The average molecular weight is 430 g/mol. The maximum atomic E-state index is 11.9. The second-order valence-electron chi connectivity index (χ2n) is 6.78. The number of hydrogen-bond donors (Lipinski definition) is 2. The fourth-order valence-electron chi connectivity index (χ4n) is 4.30. The number of carboxylic acid groups (broad SMARTS) is 1. The van der Waals surface area contributed by atoms with Crippen LogP contribution in [0.25, 0.3) is 0 Å². The summed E-state index contributed by atoms with van der Waals surface area (Å²) in [6, 6.07) is 9.39. The molecular formula is C21H20BrNO4. The standard InChI is InChI=1S/C21H20BrNO4/c1-26-17-8-4-7-14(20(17)27-2)18-13-6-3-5-12(13)15-9-11(22)10-16(21(24)25)19(15)23-18/h3-5,7-10,12-13,18,23H,6H2,1-2H3,(H,24,25)/t12?,13?,18-/m0/s1. The molecule has 1 aliphatic carbocycles. The molecule has 27 heavy (non-hydrogen) atoms. The summed E-state index contributed by atoms with van der Waals surface area (Å²) in [7, 11) is 3.24. The summed E-state index contributed by atoms with van der Waals surface area (Å²) in [6.07, 6.45) is 5.27. The molecule has 3 atom stereocenters. The van der Waals surface area contributed by atoms with Crippen LogP contribution in [0.15, 0.2) is 47.0 Å². The van der Waals surface area contributed by atoms with Gasteiger partial charge in [-0.05, 0) is 36.1 Å². The molecular weight excluding hydrogens is 410 g/mol. The topological polar surface area (TPSA) is 67.8 Å². The first-order chi connectivity index (χ1) is 13.0. The Morgan fingerprint density at radius 3 is 2.74 bits per heavy atom. The zero-order chi connectivity index (χ0) is 19.1. The number of anilines is 1. The van der Waals surface area contributed by atoms with Gasteiger partial charge in [0, 0.05) is 16.0 Å². The third kappa shape index (κ3) is 2.88. The highest BCUT2D eigenvalue weighted by Crippen LogP contribution is 2.53. The molecule has 1 heterocycles. The smallest absolute Gasteiger partial charge is 0.337 e. The van der Waals surface area contributed by atoms with Gasteiger partial charge in [0.25, 0.3) is 0 Å². The van der Waals surface area contributed by atoms with Crippen molar-refractivity contribution in [2.75, 3.05) is 19.5 Å². The van der Waals surface area contributed by atoms with Crippen LogP contribution in [0.4, 0.5) is 5.69 Å². The molecule has 2 unspecified atom stereocenters. The minimum absolute atomic E-state index is 0.0816. The molecule has 4 rings (SSSR count). The van der Waals surface area contributed by atoms with Crippen molar-refractivity contribution >= 4 is 27.6 Å². The molecule has 0 saturated heterocycles. The summed E-state index contributed by atoms with van der Waals surface area (Å²) >= 11 is 3.46. The Balaban J connectivity index is 1.89. The van der Waals surface area contributed by atoms with Crippen molar-refractivity contribution in [3.8, 4) is 11.5 Å². The highest BCUT2D eigenvalue weighted by atomic mass is 79.9. The first kappa shape index (κ1) is 17.9. The van der Waals surface area contributed by atoms with E-state index in [0.717, 1.165) is 22.0 Å². The van der Waals surface area contributed by atoms with E-state index in [1.165, 1.54) is 0 Å². The molecule has 2 N–H and O–H groups in total. The predicted octanol–water partition coefficient (Wildman–Crippen LogP) is 4.99. The van der Waals surface area contributed by atoms with Crippen molar-refractivity contribution in [1.29, 1.82) is 0 Å². The van der Waals surface area contributed by atoms with Crippen LogP contribution in [0.5, 0.6) is 11.5 Å². The van der Waals surface area contributed by atoms with Crippen molar-refractivity contribution in [3.05, 3.63) is 63.6 Å². The lowest BCUT2D eigenvalue weighted by atomic mass is 9.76. The summed E-state index contributed by atoms with van der Waals surface area (Å²) in [5.74, 6) is 0.823. The van der Waals surface area contributed by atoms with E-state index in [9.17, 15) is 9.90 Å². The van der Waals surface area contributed by atoms with Crippen LogP contribution >= 0.6 is 15.9 Å². The van der Waals surface area contributed by atoms with E-state index < -0.39 is 5.97 Å². The van der Waals surface area contributed by atoms with Crippen LogP contribution in [0.1, 0.15) is 39.9 Å². The molecule has 2 aromatic carbocycles. The van der Waals surface area contributed by atoms with E-state index >= 15 is 0 Å². The highest BCUT2D eigenvalue weighted by molar-refractivity contribution is 9.10. The zero-order valence-corrected chi connectivity index (χ0v) is 16.6. The van der Waals surface area contributed by atoms with E-state index in [2.05, 4.69) is 33.4 Å². The molecule has 0 fully saturated rings. The number of nitrogens with one attached hydrogen (secondary N) is 1. The number of fused-ring (bicyclic) bond motifs is 3. The van der Waals surface area contributed by atoms with E-state index in [-0.39, 0.29) is 23.4 Å². The van der Waals surface area contributed by atoms with Crippen molar-refractivity contribution < 1.29 is 19.4 Å². The molecule has 2 aliphatic rings. The van der Waals surface area contributed by atoms with Crippen LogP contribution in [-0.2, 0) is 0 Å². The van der Waals surface area contributed by atoms with Gasteiger partial charge in [0.05, 0.1) is 31.5 Å². The number of halogens is 1. The number of hydrogen-bond acceptors (Lipinski definition) is 4. The average Bonchev–Trinajstić information content (AvgIpc) is 3.16. The van der Waals surface area contributed by atoms with E-state index in [0.29, 0.717) is 17.2 Å². The number of carboxylic acids is 1. The first-order valence-corrected chi connectivity index (χ1v) is 9.55. The van der Waals surface area contributed by atoms with Crippen LogP contribution < -0.4 is 14.8 Å². The van der Waals surface area contributed by atoms with Gasteiger partial charge in [-0.1, -0.05) is 40.2 Å². The van der Waals surface area contributed by atoms with Gasteiger partial charge >= 0.3 is 5.97 Å². The third-order valence-corrected chi connectivity index (χ3v) is 5.89. The van der Waals surface area contributed by atoms with Crippen LogP contribution in [0.3, 0.4) is 0 Å². The summed E-state index contributed by atoms with van der Waals surface area (Å²) in [6.45, 7) is 0. The molecule has 0 aromatic heterocycles. The zero-order valence-electron chi connectivity index (χ0n) is 15.0. The Morgan fingerprint density at radius 1 is 1.22 bits per heavy atom. The molecule has 140 valence electrons. The Hall–Kier alpha value is -2.47. The fraction of sp³-hybridized carbons (Fsp3) is 0.286. The third-order valence-electron chi connectivity index (χ3n) is 5.43. The minimum Gasteiger partial charge on any atom is -0.493 e. The molecule has 5 nitrogen and oxygen atoms in total. The summed E-state index contributed by atoms with van der Waals surface area (Å²) in [4.78, 5) is 11.9. The van der Waals surface area contributed by atoms with Crippen LogP contribution in [-0.4, -0.2) is 25.3 Å². The normalized spacial score (nSPS) is 22.6. The Labute approximate surface area is 166 Å². The van der Waals surface area contributed by atoms with Gasteiger partial charge < -0.3 is 19.9 Å². The number of aromatic carboxylic acids is 1. The van der Waals surface area contributed by atoms with Gasteiger partial charge in [-0.25, -0.2) is 4.79 Å². The van der Waals surface area contributed by atoms with Crippen LogP contribution in [0.2, 0.25) is 0 Å².